The van der Waals surface area contributed by atoms with Gasteiger partial charge >= 0.3 is 0 Å². The number of phenolic OH excluding ortho intramolecular Hbond substituents is 1. The summed E-state index contributed by atoms with van der Waals surface area (Å²) in [7, 11) is 0. The third-order valence-electron chi connectivity index (χ3n) is 7.29. The molecule has 2 N–H and O–H groups in total. The maximum atomic E-state index is 14.5. The molecule has 0 aliphatic carbocycles. The van der Waals surface area contributed by atoms with Crippen LogP contribution in [0.25, 0.3) is 0 Å². The first-order valence-electron chi connectivity index (χ1n) is 13.6. The van der Waals surface area contributed by atoms with Crippen LogP contribution < -0.4 is 0 Å². The molecule has 0 aliphatic rings. The van der Waals surface area contributed by atoms with Gasteiger partial charge in [0.2, 0.25) is 0 Å². The van der Waals surface area contributed by atoms with Gasteiger partial charge in [0, 0.05) is 29.5 Å². The number of aliphatic hydroxyl groups is 1. The Morgan fingerprint density at radius 3 is 1.55 bits per heavy atom. The third-order valence-corrected chi connectivity index (χ3v) is 7.29. The highest BCUT2D eigenvalue weighted by atomic mass is 19.1. The highest BCUT2D eigenvalue weighted by molar-refractivity contribution is 5.85. The second kappa shape index (κ2) is 11.4. The number of phenols is 1. The van der Waals surface area contributed by atoms with Gasteiger partial charge in [-0.3, -0.25) is 4.99 Å². The molecule has 7 heteroatoms. The Hall–Kier alpha value is -3.97. The third kappa shape index (κ3) is 6.41. The van der Waals surface area contributed by atoms with Crippen LogP contribution in [-0.2, 0) is 16.4 Å². The summed E-state index contributed by atoms with van der Waals surface area (Å²) in [6.45, 7) is 12.0. The molecule has 4 aromatic rings. The minimum Gasteiger partial charge on any atom is -0.507 e. The molecule has 0 fully saturated rings. The molecule has 0 heterocycles. The van der Waals surface area contributed by atoms with Gasteiger partial charge in [0.15, 0.2) is 0 Å². The second-order valence-corrected chi connectivity index (χ2v) is 12.6. The van der Waals surface area contributed by atoms with E-state index in [1.165, 1.54) is 6.21 Å². The molecular formula is C35H35F4NO2. The van der Waals surface area contributed by atoms with Gasteiger partial charge in [0.25, 0.3) is 0 Å². The summed E-state index contributed by atoms with van der Waals surface area (Å²) in [5, 5.41) is 23.8. The smallest absolute Gasteiger partial charge is 0.141 e. The number of aromatic hydroxyl groups is 1. The topological polar surface area (TPSA) is 52.8 Å². The van der Waals surface area contributed by atoms with Crippen LogP contribution in [0.5, 0.6) is 5.75 Å². The van der Waals surface area contributed by atoms with E-state index in [0.717, 1.165) is 29.8 Å². The van der Waals surface area contributed by atoms with Gasteiger partial charge in [-0.05, 0) is 63.4 Å². The van der Waals surface area contributed by atoms with Crippen molar-refractivity contribution in [3.63, 3.8) is 0 Å². The molecule has 4 rings (SSSR count). The molecule has 0 spiro atoms. The molecule has 1 atom stereocenters. The zero-order valence-corrected chi connectivity index (χ0v) is 24.5. The van der Waals surface area contributed by atoms with E-state index in [4.69, 9.17) is 4.99 Å². The van der Waals surface area contributed by atoms with Crippen molar-refractivity contribution in [2.24, 2.45) is 4.99 Å². The number of hydrogen-bond donors (Lipinski definition) is 2. The van der Waals surface area contributed by atoms with Crippen molar-refractivity contribution in [2.75, 3.05) is 0 Å². The largest absolute Gasteiger partial charge is 0.507 e. The summed E-state index contributed by atoms with van der Waals surface area (Å²) >= 11 is 0. The number of aliphatic imine (C=N–C) groups is 1. The average Bonchev–Trinajstić information content (AvgIpc) is 2.87. The first-order valence-corrected chi connectivity index (χ1v) is 13.6. The van der Waals surface area contributed by atoms with Crippen LogP contribution in [0.1, 0.15) is 81.0 Å². The van der Waals surface area contributed by atoms with Gasteiger partial charge in [0.1, 0.15) is 40.7 Å². The minimum atomic E-state index is -2.44. The second-order valence-electron chi connectivity index (χ2n) is 12.6. The summed E-state index contributed by atoms with van der Waals surface area (Å²) in [6.07, 6.45) is 1.38. The molecule has 0 unspecified atom stereocenters. The van der Waals surface area contributed by atoms with Crippen molar-refractivity contribution in [3.8, 4) is 5.75 Å². The Bertz CT molecular complexity index is 1530. The summed E-state index contributed by atoms with van der Waals surface area (Å²) in [5.74, 6) is -3.95. The molecule has 220 valence electrons. The lowest BCUT2D eigenvalue weighted by Crippen LogP contribution is -2.35. The lowest BCUT2D eigenvalue weighted by Gasteiger charge is -2.35. The highest BCUT2D eigenvalue weighted by Gasteiger charge is 2.43. The average molecular weight is 578 g/mol. The van der Waals surface area contributed by atoms with E-state index in [1.54, 1.807) is 36.4 Å². The molecule has 4 aromatic carbocycles. The predicted octanol–water partition coefficient (Wildman–Crippen LogP) is 8.64. The zero-order chi connectivity index (χ0) is 31.0. The van der Waals surface area contributed by atoms with Gasteiger partial charge in [-0.25, -0.2) is 17.6 Å². The molecule has 0 bridgehead atoms. The quantitative estimate of drug-likeness (QED) is 0.178. The molecule has 0 saturated heterocycles. The van der Waals surface area contributed by atoms with Gasteiger partial charge in [0.05, 0.1) is 0 Å². The van der Waals surface area contributed by atoms with Crippen molar-refractivity contribution in [2.45, 2.75) is 64.0 Å². The van der Waals surface area contributed by atoms with Gasteiger partial charge < -0.3 is 10.2 Å². The molecule has 0 saturated carbocycles. The van der Waals surface area contributed by atoms with E-state index in [0.29, 0.717) is 28.8 Å². The van der Waals surface area contributed by atoms with E-state index in [-0.39, 0.29) is 22.3 Å². The van der Waals surface area contributed by atoms with Crippen molar-refractivity contribution >= 4 is 6.21 Å². The lowest BCUT2D eigenvalue weighted by atomic mass is 9.77. The van der Waals surface area contributed by atoms with Crippen LogP contribution in [0.2, 0.25) is 0 Å². The van der Waals surface area contributed by atoms with Crippen LogP contribution in [0.15, 0.2) is 83.9 Å². The maximum absolute atomic E-state index is 14.5. The van der Waals surface area contributed by atoms with Crippen molar-refractivity contribution in [3.05, 3.63) is 136 Å². The Kier molecular flexibility index (Phi) is 8.38. The molecule has 0 radical (unpaired) electrons. The summed E-state index contributed by atoms with van der Waals surface area (Å²) < 4.78 is 58.2. The number of hydrogen-bond acceptors (Lipinski definition) is 3. The maximum Gasteiger partial charge on any atom is 0.141 e. The first kappa shape index (κ1) is 31.0. The van der Waals surface area contributed by atoms with E-state index in [9.17, 15) is 27.8 Å². The standard InChI is InChI=1S/C35H35F4NO2/c1-33(2,3)23-12-22(31(41)30(17-23)34(4,5)6)20-40-32(21-10-8-7-9-11-21)35(42,24-13-26(36)18-27(37)14-24)25-15-28(38)19-29(39)16-25/h7-20,32,41-42H,1-6H3/t32-/m1/s1. The predicted molar refractivity (Wildman–Crippen MR) is 158 cm³/mol. The van der Waals surface area contributed by atoms with E-state index in [2.05, 4.69) is 0 Å². The Morgan fingerprint density at radius 1 is 0.643 bits per heavy atom. The highest BCUT2D eigenvalue weighted by Crippen LogP contribution is 2.45. The van der Waals surface area contributed by atoms with Crippen LogP contribution in [0, 0.1) is 23.3 Å². The summed E-state index contributed by atoms with van der Waals surface area (Å²) in [4.78, 5) is 4.69. The fraction of sp³-hybridized carbons (Fsp3) is 0.286. The SMILES string of the molecule is CC(C)(C)c1cc(C=N[C@H](c2ccccc2)C(O)(c2cc(F)cc(F)c2)c2cc(F)cc(F)c2)c(O)c(C(C)(C)C)c1. The van der Waals surface area contributed by atoms with E-state index >= 15 is 0 Å². The number of halogens is 4. The number of rotatable bonds is 6. The van der Waals surface area contributed by atoms with Gasteiger partial charge in [-0.15, -0.1) is 0 Å². The number of nitrogens with zero attached hydrogens (tertiary/aromatic N) is 1. The van der Waals surface area contributed by atoms with Crippen molar-refractivity contribution < 1.29 is 27.8 Å². The van der Waals surface area contributed by atoms with Crippen LogP contribution >= 0.6 is 0 Å². The zero-order valence-electron chi connectivity index (χ0n) is 24.5. The van der Waals surface area contributed by atoms with Crippen molar-refractivity contribution in [1.82, 2.24) is 0 Å². The molecular weight excluding hydrogens is 542 g/mol. The summed E-state index contributed by atoms with van der Waals surface area (Å²) in [5.41, 5.74) is -1.37. The van der Waals surface area contributed by atoms with E-state index in [1.807, 2.05) is 47.6 Å². The van der Waals surface area contributed by atoms with Crippen LogP contribution in [0.4, 0.5) is 17.6 Å². The lowest BCUT2D eigenvalue weighted by molar-refractivity contribution is 0.0510. The summed E-state index contributed by atoms with van der Waals surface area (Å²) in [6, 6.07) is 15.7. The molecule has 42 heavy (non-hydrogen) atoms. The molecule has 0 amide bonds. The van der Waals surface area contributed by atoms with Crippen LogP contribution in [0.3, 0.4) is 0 Å². The molecule has 0 aromatic heterocycles. The van der Waals surface area contributed by atoms with E-state index < -0.39 is 40.3 Å². The molecule has 3 nitrogen and oxygen atoms in total. The Balaban J connectivity index is 2.04. The number of benzene rings is 4. The Labute approximate surface area is 244 Å². The monoisotopic (exact) mass is 577 g/mol. The minimum absolute atomic E-state index is 0.0109. The fourth-order valence-corrected chi connectivity index (χ4v) is 5.02. The normalized spacial score (nSPS) is 13.5. The fourth-order valence-electron chi connectivity index (χ4n) is 5.02. The van der Waals surface area contributed by atoms with Gasteiger partial charge in [-0.2, -0.15) is 0 Å². The van der Waals surface area contributed by atoms with Gasteiger partial charge in [-0.1, -0.05) is 77.9 Å². The van der Waals surface area contributed by atoms with Crippen molar-refractivity contribution in [1.29, 1.82) is 0 Å². The van der Waals surface area contributed by atoms with Crippen LogP contribution in [-0.4, -0.2) is 16.4 Å². The Morgan fingerprint density at radius 2 is 1.12 bits per heavy atom. The molecule has 0 aliphatic heterocycles. The first-order chi connectivity index (χ1) is 19.5.